The van der Waals surface area contributed by atoms with E-state index in [1.54, 1.807) is 5.57 Å². The number of ether oxygens (including phenoxy) is 1. The molecule has 0 aromatic rings. The predicted octanol–water partition coefficient (Wildman–Crippen LogP) is 4.10. The maximum absolute atomic E-state index is 6.11. The Morgan fingerprint density at radius 1 is 1.25 bits per heavy atom. The molecule has 2 aliphatic rings. The van der Waals surface area contributed by atoms with Crippen LogP contribution in [0.25, 0.3) is 0 Å². The molecule has 1 heteroatoms. The van der Waals surface area contributed by atoms with Crippen LogP contribution in [0.1, 0.15) is 46.5 Å². The fraction of sp³-hybridized carbons (Fsp3) is 0.733. The molecule has 0 amide bonds. The van der Waals surface area contributed by atoms with Gasteiger partial charge in [0.2, 0.25) is 0 Å². The highest BCUT2D eigenvalue weighted by Crippen LogP contribution is 2.37. The van der Waals surface area contributed by atoms with E-state index in [1.807, 2.05) is 0 Å². The molecule has 1 aliphatic heterocycles. The van der Waals surface area contributed by atoms with Crippen molar-refractivity contribution in [1.82, 2.24) is 0 Å². The fourth-order valence-electron chi connectivity index (χ4n) is 3.25. The number of rotatable bonds is 1. The van der Waals surface area contributed by atoms with E-state index in [4.69, 9.17) is 4.74 Å². The smallest absolute Gasteiger partial charge is 0.0649 e. The molecular formula is C15H24O. The lowest BCUT2D eigenvalue weighted by molar-refractivity contribution is -0.0640. The molecule has 0 aromatic heterocycles. The van der Waals surface area contributed by atoms with Crippen LogP contribution >= 0.6 is 0 Å². The van der Waals surface area contributed by atoms with E-state index in [0.29, 0.717) is 18.1 Å². The lowest BCUT2D eigenvalue weighted by Crippen LogP contribution is -2.36. The Kier molecular flexibility index (Phi) is 3.53. The van der Waals surface area contributed by atoms with Crippen LogP contribution in [0.4, 0.5) is 0 Å². The molecule has 2 rings (SSSR count). The largest absolute Gasteiger partial charge is 0.374 e. The molecule has 0 aromatic carbocycles. The van der Waals surface area contributed by atoms with Crippen LogP contribution in [-0.2, 0) is 4.74 Å². The van der Waals surface area contributed by atoms with Gasteiger partial charge < -0.3 is 4.74 Å². The third-order valence-corrected chi connectivity index (χ3v) is 4.06. The Morgan fingerprint density at radius 2 is 2.00 bits per heavy atom. The van der Waals surface area contributed by atoms with Gasteiger partial charge in [-0.1, -0.05) is 30.7 Å². The van der Waals surface area contributed by atoms with Gasteiger partial charge in [-0.25, -0.2) is 0 Å². The van der Waals surface area contributed by atoms with Crippen molar-refractivity contribution in [1.29, 1.82) is 0 Å². The summed E-state index contributed by atoms with van der Waals surface area (Å²) in [6, 6.07) is 0. The lowest BCUT2D eigenvalue weighted by atomic mass is 9.75. The second kappa shape index (κ2) is 4.75. The molecule has 1 aliphatic carbocycles. The first kappa shape index (κ1) is 11.9. The summed E-state index contributed by atoms with van der Waals surface area (Å²) in [5.41, 5.74) is 2.92. The molecule has 4 atom stereocenters. The number of allylic oxidation sites excluding steroid dienone is 2. The van der Waals surface area contributed by atoms with Gasteiger partial charge in [0.05, 0.1) is 12.2 Å². The molecule has 0 unspecified atom stereocenters. The average molecular weight is 220 g/mol. The van der Waals surface area contributed by atoms with Crippen LogP contribution in [0.5, 0.6) is 0 Å². The van der Waals surface area contributed by atoms with E-state index in [-0.39, 0.29) is 0 Å². The maximum Gasteiger partial charge on any atom is 0.0649 e. The minimum atomic E-state index is 0.366. The van der Waals surface area contributed by atoms with Gasteiger partial charge in [-0.3, -0.25) is 0 Å². The summed E-state index contributed by atoms with van der Waals surface area (Å²) in [6.45, 7) is 10.9. The normalized spacial score (nSPS) is 40.7. The molecule has 0 bridgehead atoms. The zero-order valence-corrected chi connectivity index (χ0v) is 10.8. The van der Waals surface area contributed by atoms with Gasteiger partial charge in [-0.2, -0.15) is 0 Å². The standard InChI is InChI=1S/C15H24O/c1-10-5-6-14(12(3)7-10)15-9-11(2)8-13(4)16-15/h5,12-15H,2,6-9H2,1,3-4H3/t12-,13+,14-,15-/m1/s1. The van der Waals surface area contributed by atoms with Crippen molar-refractivity contribution in [2.75, 3.05) is 0 Å². The zero-order chi connectivity index (χ0) is 11.7. The summed E-state index contributed by atoms with van der Waals surface area (Å²) in [5.74, 6) is 1.45. The molecule has 0 spiro atoms. The quantitative estimate of drug-likeness (QED) is 0.604. The number of hydrogen-bond acceptors (Lipinski definition) is 1. The van der Waals surface area contributed by atoms with E-state index in [1.165, 1.54) is 18.4 Å². The van der Waals surface area contributed by atoms with E-state index in [0.717, 1.165) is 18.8 Å². The lowest BCUT2D eigenvalue weighted by Gasteiger charge is -2.39. The molecule has 90 valence electrons. The van der Waals surface area contributed by atoms with Crippen LogP contribution in [0.2, 0.25) is 0 Å². The molecule has 16 heavy (non-hydrogen) atoms. The van der Waals surface area contributed by atoms with Gasteiger partial charge >= 0.3 is 0 Å². The minimum Gasteiger partial charge on any atom is -0.374 e. The van der Waals surface area contributed by atoms with Crippen molar-refractivity contribution in [3.8, 4) is 0 Å². The third-order valence-electron chi connectivity index (χ3n) is 4.06. The van der Waals surface area contributed by atoms with Crippen LogP contribution in [-0.4, -0.2) is 12.2 Å². The van der Waals surface area contributed by atoms with E-state index < -0.39 is 0 Å². The molecule has 1 heterocycles. The summed E-state index contributed by atoms with van der Waals surface area (Å²) in [5, 5.41) is 0. The summed E-state index contributed by atoms with van der Waals surface area (Å²) >= 11 is 0. The monoisotopic (exact) mass is 220 g/mol. The Hall–Kier alpha value is -0.560. The Balaban J connectivity index is 2.04. The third kappa shape index (κ3) is 2.57. The van der Waals surface area contributed by atoms with Gasteiger partial charge in [0, 0.05) is 0 Å². The highest BCUT2D eigenvalue weighted by Gasteiger charge is 2.33. The van der Waals surface area contributed by atoms with Crippen LogP contribution in [0.3, 0.4) is 0 Å². The first-order valence-electron chi connectivity index (χ1n) is 6.54. The summed E-state index contributed by atoms with van der Waals surface area (Å²) < 4.78 is 6.11. The average Bonchev–Trinajstić information content (AvgIpc) is 2.15. The Morgan fingerprint density at radius 3 is 2.62 bits per heavy atom. The van der Waals surface area contributed by atoms with E-state index in [9.17, 15) is 0 Å². The van der Waals surface area contributed by atoms with Crippen molar-refractivity contribution in [2.45, 2.75) is 58.7 Å². The molecular weight excluding hydrogens is 196 g/mol. The SMILES string of the molecule is C=C1C[C@H](C)O[C@@H]([C@@H]2CC=C(C)C[C@H]2C)C1. The summed E-state index contributed by atoms with van der Waals surface area (Å²) in [7, 11) is 0. The maximum atomic E-state index is 6.11. The first-order valence-corrected chi connectivity index (χ1v) is 6.54. The van der Waals surface area contributed by atoms with Gasteiger partial charge in [0.15, 0.2) is 0 Å². The van der Waals surface area contributed by atoms with E-state index >= 15 is 0 Å². The van der Waals surface area contributed by atoms with Crippen molar-refractivity contribution in [3.05, 3.63) is 23.8 Å². The van der Waals surface area contributed by atoms with Gasteiger partial charge in [-0.15, -0.1) is 0 Å². The Labute approximate surface area is 99.6 Å². The second-order valence-corrected chi connectivity index (χ2v) is 5.77. The summed E-state index contributed by atoms with van der Waals surface area (Å²) in [6.07, 6.45) is 7.73. The zero-order valence-electron chi connectivity index (χ0n) is 10.8. The van der Waals surface area contributed by atoms with Crippen LogP contribution in [0, 0.1) is 11.8 Å². The van der Waals surface area contributed by atoms with E-state index in [2.05, 4.69) is 33.4 Å². The topological polar surface area (TPSA) is 9.23 Å². The predicted molar refractivity (Wildman–Crippen MR) is 68.4 cm³/mol. The summed E-state index contributed by atoms with van der Waals surface area (Å²) in [4.78, 5) is 0. The van der Waals surface area contributed by atoms with Crippen molar-refractivity contribution in [3.63, 3.8) is 0 Å². The molecule has 0 N–H and O–H groups in total. The molecule has 0 saturated carbocycles. The number of hydrogen-bond donors (Lipinski definition) is 0. The van der Waals surface area contributed by atoms with Crippen molar-refractivity contribution in [2.24, 2.45) is 11.8 Å². The minimum absolute atomic E-state index is 0.366. The van der Waals surface area contributed by atoms with Gasteiger partial charge in [-0.05, 0) is 51.4 Å². The molecule has 1 nitrogen and oxygen atoms in total. The highest BCUT2D eigenvalue weighted by molar-refractivity contribution is 5.09. The molecule has 0 radical (unpaired) electrons. The highest BCUT2D eigenvalue weighted by atomic mass is 16.5. The molecule has 1 fully saturated rings. The first-order chi connectivity index (χ1) is 7.56. The van der Waals surface area contributed by atoms with Crippen LogP contribution < -0.4 is 0 Å². The Bertz CT molecular complexity index is 303. The van der Waals surface area contributed by atoms with Crippen molar-refractivity contribution >= 4 is 0 Å². The molecule has 1 saturated heterocycles. The van der Waals surface area contributed by atoms with Crippen LogP contribution in [0.15, 0.2) is 23.8 Å². The van der Waals surface area contributed by atoms with Crippen molar-refractivity contribution < 1.29 is 4.74 Å². The van der Waals surface area contributed by atoms with Gasteiger partial charge in [0.25, 0.3) is 0 Å². The fourth-order valence-corrected chi connectivity index (χ4v) is 3.25. The second-order valence-electron chi connectivity index (χ2n) is 5.77. The van der Waals surface area contributed by atoms with Gasteiger partial charge in [0.1, 0.15) is 0 Å².